The molecule has 2 heterocycles. The van der Waals surface area contributed by atoms with Crippen molar-refractivity contribution >= 4 is 0 Å². The summed E-state index contributed by atoms with van der Waals surface area (Å²) < 4.78 is 0. The second kappa shape index (κ2) is 2.83. The van der Waals surface area contributed by atoms with Crippen molar-refractivity contribution in [1.29, 1.82) is 0 Å². The first kappa shape index (κ1) is 7.12. The zero-order chi connectivity index (χ0) is 8.39. The third-order valence-electron chi connectivity index (χ3n) is 1.71. The van der Waals surface area contributed by atoms with Gasteiger partial charge in [-0.2, -0.15) is 0 Å². The van der Waals surface area contributed by atoms with Crippen LogP contribution in [0.3, 0.4) is 0 Å². The number of nitrogens with two attached hydrogens (primary N) is 1. The Balaban J connectivity index is 2.35. The van der Waals surface area contributed by atoms with Gasteiger partial charge >= 0.3 is 0 Å². The molecule has 0 radical (unpaired) electrons. The van der Waals surface area contributed by atoms with Crippen LogP contribution in [-0.4, -0.2) is 15.0 Å². The van der Waals surface area contributed by atoms with Gasteiger partial charge in [0.1, 0.15) is 5.82 Å². The summed E-state index contributed by atoms with van der Waals surface area (Å²) in [6.07, 6.45) is 3.65. The Morgan fingerprint density at radius 3 is 2.92 bits per heavy atom. The molecule has 2 rings (SSSR count). The number of rotatable bonds is 2. The van der Waals surface area contributed by atoms with Crippen LogP contribution in [-0.2, 0) is 6.54 Å². The van der Waals surface area contributed by atoms with Gasteiger partial charge in [-0.3, -0.25) is 0 Å². The molecule has 12 heavy (non-hydrogen) atoms. The lowest BCUT2D eigenvalue weighted by Crippen LogP contribution is -1.97. The zero-order valence-corrected chi connectivity index (χ0v) is 6.54. The fourth-order valence-corrected chi connectivity index (χ4v) is 1.10. The normalized spacial score (nSPS) is 10.4. The van der Waals surface area contributed by atoms with Crippen molar-refractivity contribution in [2.24, 2.45) is 5.73 Å². The highest BCUT2D eigenvalue weighted by atomic mass is 14.9. The molecule has 0 spiro atoms. The van der Waals surface area contributed by atoms with Crippen LogP contribution in [0.4, 0.5) is 0 Å². The average molecular weight is 162 g/mol. The van der Waals surface area contributed by atoms with Crippen LogP contribution in [0.25, 0.3) is 11.4 Å². The average Bonchev–Trinajstić information content (AvgIpc) is 2.75. The molecule has 0 aliphatic rings. The first-order chi connectivity index (χ1) is 5.90. The smallest absolute Gasteiger partial charge is 0.120 e. The van der Waals surface area contributed by atoms with Crippen molar-refractivity contribution in [3.8, 4) is 11.4 Å². The summed E-state index contributed by atoms with van der Waals surface area (Å²) in [5.41, 5.74) is 7.42. The summed E-state index contributed by atoms with van der Waals surface area (Å²) in [7, 11) is 0. The van der Waals surface area contributed by atoms with E-state index >= 15 is 0 Å². The molecule has 0 saturated carbocycles. The van der Waals surface area contributed by atoms with Crippen molar-refractivity contribution in [1.82, 2.24) is 15.0 Å². The highest BCUT2D eigenvalue weighted by molar-refractivity contribution is 5.52. The fourth-order valence-electron chi connectivity index (χ4n) is 1.10. The van der Waals surface area contributed by atoms with E-state index in [4.69, 9.17) is 5.73 Å². The molecular weight excluding hydrogens is 152 g/mol. The van der Waals surface area contributed by atoms with E-state index in [-0.39, 0.29) is 0 Å². The molecule has 2 aromatic rings. The Morgan fingerprint density at radius 2 is 2.33 bits per heavy atom. The number of aromatic nitrogens is 3. The van der Waals surface area contributed by atoms with Gasteiger partial charge in [0.25, 0.3) is 0 Å². The zero-order valence-electron chi connectivity index (χ0n) is 6.54. The van der Waals surface area contributed by atoms with Crippen molar-refractivity contribution in [3.05, 3.63) is 30.4 Å². The van der Waals surface area contributed by atoms with Crippen molar-refractivity contribution in [3.63, 3.8) is 0 Å². The van der Waals surface area contributed by atoms with Gasteiger partial charge in [-0.15, -0.1) is 0 Å². The highest BCUT2D eigenvalue weighted by Crippen LogP contribution is 2.13. The first-order valence-electron chi connectivity index (χ1n) is 3.78. The Morgan fingerprint density at radius 1 is 1.42 bits per heavy atom. The number of imidazole rings is 1. The van der Waals surface area contributed by atoms with E-state index in [1.54, 1.807) is 6.20 Å². The van der Waals surface area contributed by atoms with Gasteiger partial charge in [-0.1, -0.05) is 0 Å². The maximum absolute atomic E-state index is 5.41. The quantitative estimate of drug-likeness (QED) is 0.613. The predicted molar refractivity (Wildman–Crippen MR) is 46.3 cm³/mol. The predicted octanol–water partition coefficient (Wildman–Crippen LogP) is 0.863. The highest BCUT2D eigenvalue weighted by Gasteiger charge is 2.00. The molecule has 0 unspecified atom stereocenters. The summed E-state index contributed by atoms with van der Waals surface area (Å²) in [6, 6.07) is 3.92. The fraction of sp³-hybridized carbons (Fsp3) is 0.125. The van der Waals surface area contributed by atoms with Gasteiger partial charge in [0.05, 0.1) is 24.1 Å². The Kier molecular flexibility index (Phi) is 1.68. The maximum Gasteiger partial charge on any atom is 0.120 e. The SMILES string of the molecule is NCc1ncc(-c2ccc[nH]2)[nH]1. The lowest BCUT2D eigenvalue weighted by atomic mass is 10.3. The summed E-state index contributed by atoms with van der Waals surface area (Å²) in [6.45, 7) is 0.445. The summed E-state index contributed by atoms with van der Waals surface area (Å²) >= 11 is 0. The number of nitrogens with one attached hydrogen (secondary N) is 2. The lowest BCUT2D eigenvalue weighted by molar-refractivity contribution is 0.950. The van der Waals surface area contributed by atoms with E-state index in [1.165, 1.54) is 0 Å². The number of H-pyrrole nitrogens is 2. The molecule has 0 aromatic carbocycles. The molecule has 0 saturated heterocycles. The molecule has 4 nitrogen and oxygen atoms in total. The van der Waals surface area contributed by atoms with Crippen molar-refractivity contribution in [2.45, 2.75) is 6.54 Å². The largest absolute Gasteiger partial charge is 0.360 e. The van der Waals surface area contributed by atoms with Crippen LogP contribution in [0, 0.1) is 0 Å². The molecule has 0 bridgehead atoms. The number of nitrogens with zero attached hydrogens (tertiary/aromatic N) is 1. The maximum atomic E-state index is 5.41. The third-order valence-corrected chi connectivity index (χ3v) is 1.71. The Bertz CT molecular complexity index is 347. The van der Waals surface area contributed by atoms with E-state index in [0.29, 0.717) is 6.54 Å². The van der Waals surface area contributed by atoms with Crippen LogP contribution >= 0.6 is 0 Å². The van der Waals surface area contributed by atoms with Crippen molar-refractivity contribution < 1.29 is 0 Å². The summed E-state index contributed by atoms with van der Waals surface area (Å²) in [5.74, 6) is 0.805. The van der Waals surface area contributed by atoms with Crippen LogP contribution in [0.15, 0.2) is 24.5 Å². The van der Waals surface area contributed by atoms with E-state index in [2.05, 4.69) is 15.0 Å². The topological polar surface area (TPSA) is 70.5 Å². The van der Waals surface area contributed by atoms with Crippen LogP contribution in [0.1, 0.15) is 5.82 Å². The minimum Gasteiger partial charge on any atom is -0.360 e. The Labute approximate surface area is 69.8 Å². The molecule has 0 fully saturated rings. The molecule has 4 heteroatoms. The minimum absolute atomic E-state index is 0.445. The number of hydrogen-bond donors (Lipinski definition) is 3. The van der Waals surface area contributed by atoms with Crippen molar-refractivity contribution in [2.75, 3.05) is 0 Å². The molecule has 0 aliphatic carbocycles. The molecule has 62 valence electrons. The number of hydrogen-bond acceptors (Lipinski definition) is 2. The number of aromatic amines is 2. The standard InChI is InChI=1S/C8H10N4/c9-4-8-11-5-7(12-8)6-2-1-3-10-6/h1-3,5,10H,4,9H2,(H,11,12). The Hall–Kier alpha value is -1.55. The summed E-state index contributed by atoms with van der Waals surface area (Å²) in [5, 5.41) is 0. The molecule has 2 aromatic heterocycles. The van der Waals surface area contributed by atoms with E-state index in [1.807, 2.05) is 18.3 Å². The first-order valence-corrected chi connectivity index (χ1v) is 3.78. The van der Waals surface area contributed by atoms with Crippen LogP contribution < -0.4 is 5.73 Å². The third kappa shape index (κ3) is 1.12. The monoisotopic (exact) mass is 162 g/mol. The second-order valence-electron chi connectivity index (χ2n) is 2.53. The summed E-state index contributed by atoms with van der Waals surface area (Å²) in [4.78, 5) is 10.3. The van der Waals surface area contributed by atoms with Gasteiger partial charge in [-0.05, 0) is 12.1 Å². The van der Waals surface area contributed by atoms with Crippen LogP contribution in [0.5, 0.6) is 0 Å². The van der Waals surface area contributed by atoms with Gasteiger partial charge < -0.3 is 15.7 Å². The van der Waals surface area contributed by atoms with E-state index in [0.717, 1.165) is 17.2 Å². The van der Waals surface area contributed by atoms with Gasteiger partial charge in [0, 0.05) is 6.20 Å². The molecule has 0 atom stereocenters. The molecule has 0 amide bonds. The minimum atomic E-state index is 0.445. The van der Waals surface area contributed by atoms with Gasteiger partial charge in [0.2, 0.25) is 0 Å². The van der Waals surface area contributed by atoms with Gasteiger partial charge in [0.15, 0.2) is 0 Å². The van der Waals surface area contributed by atoms with Crippen LogP contribution in [0.2, 0.25) is 0 Å². The molecular formula is C8H10N4. The van der Waals surface area contributed by atoms with E-state index in [9.17, 15) is 0 Å². The second-order valence-corrected chi connectivity index (χ2v) is 2.53. The molecule has 4 N–H and O–H groups in total. The molecule has 0 aliphatic heterocycles. The van der Waals surface area contributed by atoms with E-state index < -0.39 is 0 Å². The lowest BCUT2D eigenvalue weighted by Gasteiger charge is -1.90. The van der Waals surface area contributed by atoms with Gasteiger partial charge in [-0.25, -0.2) is 4.98 Å².